The fourth-order valence-electron chi connectivity index (χ4n) is 2.27. The van der Waals surface area contributed by atoms with E-state index in [1.54, 1.807) is 0 Å². The van der Waals surface area contributed by atoms with Crippen molar-refractivity contribution in [1.82, 2.24) is 4.98 Å². The average molecular weight is 256 g/mol. The first-order valence-corrected chi connectivity index (χ1v) is 6.47. The Morgan fingerprint density at radius 2 is 1.40 bits per heavy atom. The van der Waals surface area contributed by atoms with E-state index < -0.39 is 0 Å². The van der Waals surface area contributed by atoms with Crippen molar-refractivity contribution in [3.63, 3.8) is 0 Å². The zero-order valence-electron chi connectivity index (χ0n) is 11.2. The first-order valence-electron chi connectivity index (χ1n) is 6.47. The number of aromatic nitrogens is 1. The Kier molecular flexibility index (Phi) is 4.72. The molecule has 3 aromatic rings. The second-order valence-electron chi connectivity index (χ2n) is 4.52. The highest BCUT2D eigenvalue weighted by Gasteiger charge is 2.05. The molecule has 0 aliphatic rings. The highest BCUT2D eigenvalue weighted by Crippen LogP contribution is 2.24. The lowest BCUT2D eigenvalue weighted by Crippen LogP contribution is -1.94. The molecule has 0 N–H and O–H groups in total. The van der Waals surface area contributed by atoms with Crippen LogP contribution in [0.4, 0.5) is 0 Å². The van der Waals surface area contributed by atoms with Crippen molar-refractivity contribution in [2.45, 2.75) is 6.42 Å². The largest absolute Gasteiger partial charge is 0.261 e. The molecule has 3 rings (SSSR count). The summed E-state index contributed by atoms with van der Waals surface area (Å²) in [7, 11) is 0. The van der Waals surface area contributed by atoms with E-state index in [0.29, 0.717) is 0 Å². The van der Waals surface area contributed by atoms with E-state index >= 15 is 0 Å². The highest BCUT2D eigenvalue weighted by molar-refractivity contribution is 5.75. The van der Waals surface area contributed by atoms with Gasteiger partial charge in [0.05, 0.1) is 0 Å². The fraction of sp³-hybridized carbons (Fsp3) is 0.0556. The molecule has 1 heterocycles. The molecule has 0 fully saturated rings. The molecular weight excluding hydrogens is 241 g/mol. The number of hydrogen-bond donors (Lipinski definition) is 0. The van der Waals surface area contributed by atoms with Crippen molar-refractivity contribution in [3.05, 3.63) is 90.3 Å². The number of nitrogens with zero attached hydrogens (tertiary/aromatic N) is 1. The number of hydrogen-bond acceptors (Lipinski definition) is 1. The smallest absolute Gasteiger partial charge is 0.0447 e. The third-order valence-corrected chi connectivity index (χ3v) is 3.20. The van der Waals surface area contributed by atoms with E-state index in [2.05, 4.69) is 59.6 Å². The van der Waals surface area contributed by atoms with Gasteiger partial charge in [0.15, 0.2) is 0 Å². The van der Waals surface area contributed by atoms with Crippen molar-refractivity contribution in [3.8, 4) is 11.1 Å². The first kappa shape index (κ1) is 14.1. The summed E-state index contributed by atoms with van der Waals surface area (Å²) >= 11 is 0. The molecule has 0 saturated carbocycles. The van der Waals surface area contributed by atoms with E-state index in [1.165, 1.54) is 16.7 Å². The van der Waals surface area contributed by atoms with Crippen molar-refractivity contribution >= 4 is 8.41 Å². The maximum absolute atomic E-state index is 4.41. The van der Waals surface area contributed by atoms with E-state index in [-0.39, 0.29) is 8.41 Å². The Hall–Kier alpha value is -2.35. The molecule has 0 atom stereocenters. The van der Waals surface area contributed by atoms with Gasteiger partial charge in [-0.2, -0.15) is 0 Å². The summed E-state index contributed by atoms with van der Waals surface area (Å²) in [5, 5.41) is 0. The molecule has 0 amide bonds. The molecule has 2 heteroatoms. The van der Waals surface area contributed by atoms with Crippen LogP contribution in [-0.2, 0) is 6.42 Å². The summed E-state index contributed by atoms with van der Waals surface area (Å²) in [6.45, 7) is 0. The van der Waals surface area contributed by atoms with Crippen LogP contribution < -0.4 is 0 Å². The van der Waals surface area contributed by atoms with Gasteiger partial charge >= 0.3 is 0 Å². The number of benzene rings is 2. The van der Waals surface area contributed by atoms with E-state index in [4.69, 9.17) is 0 Å². The van der Waals surface area contributed by atoms with Crippen LogP contribution in [0, 0.1) is 0 Å². The molecule has 0 unspecified atom stereocenters. The first-order chi connectivity index (χ1) is 9.43. The summed E-state index contributed by atoms with van der Waals surface area (Å²) < 4.78 is 0. The van der Waals surface area contributed by atoms with Crippen LogP contribution in [0.15, 0.2) is 79.0 Å². The molecule has 95 valence electrons. The van der Waals surface area contributed by atoms with E-state index in [0.717, 1.165) is 12.1 Å². The molecule has 0 spiro atoms. The van der Waals surface area contributed by atoms with Crippen LogP contribution >= 0.6 is 0 Å². The van der Waals surface area contributed by atoms with Gasteiger partial charge in [-0.3, -0.25) is 4.98 Å². The molecular formula is C18H15BN. The van der Waals surface area contributed by atoms with Crippen LogP contribution in [0.5, 0.6) is 0 Å². The SMILES string of the molecule is [B].c1ccc(-c2ccccc2Cc2ccccn2)cc1. The third-order valence-electron chi connectivity index (χ3n) is 3.20. The number of rotatable bonds is 3. The summed E-state index contributed by atoms with van der Waals surface area (Å²) in [5.74, 6) is 0. The standard InChI is InChI=1S/C18H15N.B/c1-2-8-15(9-3-1)18-12-5-4-10-16(18)14-17-11-6-7-13-19-17;/h1-13H,14H2;. The van der Waals surface area contributed by atoms with Crippen LogP contribution in [0.25, 0.3) is 11.1 Å². The molecule has 0 bridgehead atoms. The molecule has 1 aromatic heterocycles. The van der Waals surface area contributed by atoms with Crippen LogP contribution in [0.1, 0.15) is 11.3 Å². The minimum atomic E-state index is 0. The predicted octanol–water partition coefficient (Wildman–Crippen LogP) is 3.96. The Morgan fingerprint density at radius 1 is 0.700 bits per heavy atom. The van der Waals surface area contributed by atoms with Gasteiger partial charge in [-0.05, 0) is 28.8 Å². The van der Waals surface area contributed by atoms with Crippen molar-refractivity contribution in [2.75, 3.05) is 0 Å². The Balaban J connectivity index is 0.00000147. The van der Waals surface area contributed by atoms with Gasteiger partial charge in [-0.25, -0.2) is 0 Å². The second kappa shape index (κ2) is 6.71. The van der Waals surface area contributed by atoms with Crippen molar-refractivity contribution in [1.29, 1.82) is 0 Å². The number of pyridine rings is 1. The summed E-state index contributed by atoms with van der Waals surface area (Å²) in [6, 6.07) is 25.1. The lowest BCUT2D eigenvalue weighted by Gasteiger charge is -2.09. The van der Waals surface area contributed by atoms with E-state index in [1.807, 2.05) is 24.4 Å². The van der Waals surface area contributed by atoms with Gasteiger partial charge < -0.3 is 0 Å². The van der Waals surface area contributed by atoms with Gasteiger partial charge in [-0.15, -0.1) is 0 Å². The minimum absolute atomic E-state index is 0. The van der Waals surface area contributed by atoms with Crippen LogP contribution in [0.2, 0.25) is 0 Å². The molecule has 0 saturated heterocycles. The van der Waals surface area contributed by atoms with Crippen LogP contribution in [-0.4, -0.2) is 13.4 Å². The highest BCUT2D eigenvalue weighted by atomic mass is 14.7. The minimum Gasteiger partial charge on any atom is -0.261 e. The quantitative estimate of drug-likeness (QED) is 0.646. The van der Waals surface area contributed by atoms with E-state index in [9.17, 15) is 0 Å². The fourth-order valence-corrected chi connectivity index (χ4v) is 2.27. The maximum Gasteiger partial charge on any atom is 0.0447 e. The van der Waals surface area contributed by atoms with Gasteiger partial charge in [0.2, 0.25) is 0 Å². The third kappa shape index (κ3) is 3.15. The average Bonchev–Trinajstić information content (AvgIpc) is 2.50. The predicted molar refractivity (Wildman–Crippen MR) is 84.7 cm³/mol. The van der Waals surface area contributed by atoms with Gasteiger partial charge in [-0.1, -0.05) is 60.7 Å². The maximum atomic E-state index is 4.41. The lowest BCUT2D eigenvalue weighted by molar-refractivity contribution is 1.08. The molecule has 1 nitrogen and oxygen atoms in total. The molecule has 3 radical (unpaired) electrons. The summed E-state index contributed by atoms with van der Waals surface area (Å²) in [4.78, 5) is 4.41. The summed E-state index contributed by atoms with van der Waals surface area (Å²) in [5.41, 5.74) is 4.96. The van der Waals surface area contributed by atoms with Gasteiger partial charge in [0.1, 0.15) is 0 Å². The second-order valence-corrected chi connectivity index (χ2v) is 4.52. The topological polar surface area (TPSA) is 12.9 Å². The Labute approximate surface area is 121 Å². The molecule has 2 aromatic carbocycles. The van der Waals surface area contributed by atoms with Crippen molar-refractivity contribution in [2.24, 2.45) is 0 Å². The lowest BCUT2D eigenvalue weighted by atomic mass is 9.97. The van der Waals surface area contributed by atoms with Crippen LogP contribution in [0.3, 0.4) is 0 Å². The summed E-state index contributed by atoms with van der Waals surface area (Å²) in [6.07, 6.45) is 2.71. The van der Waals surface area contributed by atoms with Gasteiger partial charge in [0, 0.05) is 26.7 Å². The van der Waals surface area contributed by atoms with Crippen molar-refractivity contribution < 1.29 is 0 Å². The van der Waals surface area contributed by atoms with Gasteiger partial charge in [0.25, 0.3) is 0 Å². The monoisotopic (exact) mass is 256 g/mol. The molecule has 20 heavy (non-hydrogen) atoms. The Morgan fingerprint density at radius 3 is 2.15 bits per heavy atom. The Bertz CT molecular complexity index is 651. The molecule has 0 aliphatic carbocycles. The zero-order valence-corrected chi connectivity index (χ0v) is 11.2. The zero-order chi connectivity index (χ0) is 12.9. The normalized spacial score (nSPS) is 9.80. The molecule has 0 aliphatic heterocycles.